The first-order valence-corrected chi connectivity index (χ1v) is 10.5. The number of rotatable bonds is 6. The van der Waals surface area contributed by atoms with Crippen LogP contribution in [0.3, 0.4) is 0 Å². The van der Waals surface area contributed by atoms with Crippen molar-refractivity contribution in [2.45, 2.75) is 13.3 Å². The Morgan fingerprint density at radius 2 is 2.03 bits per heavy atom. The second-order valence-corrected chi connectivity index (χ2v) is 7.80. The lowest BCUT2D eigenvalue weighted by Gasteiger charge is -2.36. The summed E-state index contributed by atoms with van der Waals surface area (Å²) in [6.45, 7) is 5.18. The molecule has 152 valence electrons. The monoisotopic (exact) mass is 412 g/mol. The third kappa shape index (κ3) is 4.46. The topological polar surface area (TPSA) is 83.5 Å². The molecule has 1 N–H and O–H groups in total. The number of fused-ring (bicyclic) bond motifs is 1. The third-order valence-electron chi connectivity index (χ3n) is 4.92. The number of piperazine rings is 1. The van der Waals surface area contributed by atoms with Gasteiger partial charge in [0.15, 0.2) is 5.13 Å². The van der Waals surface area contributed by atoms with Gasteiger partial charge in [-0.1, -0.05) is 18.3 Å². The van der Waals surface area contributed by atoms with E-state index >= 15 is 0 Å². The van der Waals surface area contributed by atoms with Gasteiger partial charge in [0.05, 0.1) is 0 Å². The van der Waals surface area contributed by atoms with Gasteiger partial charge in [0.1, 0.15) is 22.8 Å². The van der Waals surface area contributed by atoms with Crippen LogP contribution in [0.1, 0.15) is 12.6 Å². The van der Waals surface area contributed by atoms with E-state index < -0.39 is 0 Å². The number of carbonyl (C=O) groups is 1. The van der Waals surface area contributed by atoms with Crippen molar-refractivity contribution in [3.05, 3.63) is 36.2 Å². The van der Waals surface area contributed by atoms with E-state index in [1.165, 1.54) is 11.3 Å². The second-order valence-electron chi connectivity index (χ2n) is 6.82. The van der Waals surface area contributed by atoms with E-state index in [2.05, 4.69) is 32.1 Å². The minimum absolute atomic E-state index is 0.0416. The molecular weight excluding hydrogens is 388 g/mol. The molecule has 0 bridgehead atoms. The zero-order valence-corrected chi connectivity index (χ0v) is 17.4. The molecule has 1 aliphatic heterocycles. The maximum atomic E-state index is 12.0. The molecule has 1 saturated heterocycles. The van der Waals surface area contributed by atoms with Crippen LogP contribution in [0.5, 0.6) is 0 Å². The van der Waals surface area contributed by atoms with Crippen molar-refractivity contribution in [2.24, 2.45) is 0 Å². The van der Waals surface area contributed by atoms with Crippen LogP contribution < -0.4 is 10.2 Å². The summed E-state index contributed by atoms with van der Waals surface area (Å²) in [4.78, 5) is 30.7. The lowest BCUT2D eigenvalue weighted by atomic mass is 10.2. The van der Waals surface area contributed by atoms with Crippen molar-refractivity contribution in [2.75, 3.05) is 50.1 Å². The number of thiazole rings is 1. The molecule has 1 aliphatic rings. The molecular formula is C20H24N6O2S. The van der Waals surface area contributed by atoms with Crippen molar-refractivity contribution in [1.82, 2.24) is 19.9 Å². The van der Waals surface area contributed by atoms with Crippen LogP contribution in [0, 0.1) is 0 Å². The van der Waals surface area contributed by atoms with E-state index in [-0.39, 0.29) is 12.5 Å². The summed E-state index contributed by atoms with van der Waals surface area (Å²) in [5.41, 5.74) is 3.03. The van der Waals surface area contributed by atoms with Gasteiger partial charge in [-0.25, -0.2) is 15.0 Å². The normalized spacial score (nSPS) is 14.4. The number of anilines is 3. The summed E-state index contributed by atoms with van der Waals surface area (Å²) in [6, 6.07) is 8.04. The van der Waals surface area contributed by atoms with Crippen LogP contribution in [0.25, 0.3) is 10.3 Å². The van der Waals surface area contributed by atoms with Crippen molar-refractivity contribution < 1.29 is 9.53 Å². The Balaban J connectivity index is 1.43. The summed E-state index contributed by atoms with van der Waals surface area (Å²) in [5.74, 6) is 0.787. The average Bonchev–Trinajstić information content (AvgIpc) is 3.15. The fourth-order valence-corrected chi connectivity index (χ4v) is 4.19. The molecule has 29 heavy (non-hydrogen) atoms. The van der Waals surface area contributed by atoms with E-state index in [1.807, 2.05) is 29.2 Å². The predicted octanol–water partition coefficient (Wildman–Crippen LogP) is 2.69. The molecule has 0 radical (unpaired) electrons. The first kappa shape index (κ1) is 19.5. The van der Waals surface area contributed by atoms with Gasteiger partial charge in [-0.05, 0) is 24.6 Å². The van der Waals surface area contributed by atoms with Crippen LogP contribution in [-0.2, 0) is 16.0 Å². The summed E-state index contributed by atoms with van der Waals surface area (Å²) < 4.78 is 4.94. The van der Waals surface area contributed by atoms with Gasteiger partial charge in [-0.2, -0.15) is 0 Å². The zero-order valence-electron chi connectivity index (χ0n) is 16.6. The molecule has 0 aromatic carbocycles. The molecule has 0 spiro atoms. The highest BCUT2D eigenvalue weighted by molar-refractivity contribution is 7.21. The lowest BCUT2D eigenvalue weighted by molar-refractivity contribution is -0.135. The molecule has 9 heteroatoms. The number of ether oxygens (including phenoxy) is 1. The number of nitrogens with one attached hydrogen (secondary N) is 1. The number of methoxy groups -OCH3 is 1. The standard InChI is InChI=1S/C20H24N6O2S/c1-3-14-4-5-16-19(22-14)29-20(23-16)24-17-12-15(6-7-21-17)25-8-10-26(11-9-25)18(27)13-28-2/h4-7,12H,3,8-11,13H2,1-2H3,(H,21,23,24). The first-order chi connectivity index (χ1) is 14.2. The Hall–Kier alpha value is -2.78. The van der Waals surface area contributed by atoms with Crippen molar-refractivity contribution >= 4 is 44.2 Å². The lowest BCUT2D eigenvalue weighted by Crippen LogP contribution is -2.49. The molecule has 8 nitrogen and oxygen atoms in total. The number of nitrogens with zero attached hydrogens (tertiary/aromatic N) is 5. The third-order valence-corrected chi connectivity index (χ3v) is 5.80. The average molecular weight is 413 g/mol. The molecule has 1 amide bonds. The van der Waals surface area contributed by atoms with Gasteiger partial charge < -0.3 is 19.9 Å². The van der Waals surface area contributed by atoms with Gasteiger partial charge in [0.25, 0.3) is 0 Å². The first-order valence-electron chi connectivity index (χ1n) is 9.67. The van der Waals surface area contributed by atoms with Gasteiger partial charge in [0, 0.05) is 56.9 Å². The SMILES string of the molecule is CCc1ccc2nc(Nc3cc(N4CCN(C(=O)COC)CC4)ccn3)sc2n1. The van der Waals surface area contributed by atoms with E-state index in [0.29, 0.717) is 13.1 Å². The molecule has 0 aliphatic carbocycles. The molecule has 3 aromatic rings. The summed E-state index contributed by atoms with van der Waals surface area (Å²) in [6.07, 6.45) is 2.70. The van der Waals surface area contributed by atoms with Crippen LogP contribution in [0.15, 0.2) is 30.5 Å². The molecule has 0 atom stereocenters. The molecule has 3 aromatic heterocycles. The molecule has 0 unspecified atom stereocenters. The number of aryl methyl sites for hydroxylation is 1. The van der Waals surface area contributed by atoms with Gasteiger partial charge in [-0.15, -0.1) is 0 Å². The number of hydrogen-bond donors (Lipinski definition) is 1. The Morgan fingerprint density at radius 3 is 2.79 bits per heavy atom. The van der Waals surface area contributed by atoms with Gasteiger partial charge >= 0.3 is 0 Å². The van der Waals surface area contributed by atoms with Gasteiger partial charge in [0.2, 0.25) is 5.91 Å². The highest BCUT2D eigenvalue weighted by Gasteiger charge is 2.21. The van der Waals surface area contributed by atoms with Crippen LogP contribution in [0.2, 0.25) is 0 Å². The van der Waals surface area contributed by atoms with E-state index in [0.717, 1.165) is 52.2 Å². The highest BCUT2D eigenvalue weighted by atomic mass is 32.1. The van der Waals surface area contributed by atoms with Gasteiger partial charge in [-0.3, -0.25) is 4.79 Å². The van der Waals surface area contributed by atoms with Crippen molar-refractivity contribution in [3.8, 4) is 0 Å². The zero-order chi connectivity index (χ0) is 20.2. The Bertz CT molecular complexity index is 1000. The Labute approximate surface area is 173 Å². The quantitative estimate of drug-likeness (QED) is 0.666. The second kappa shape index (κ2) is 8.71. The van der Waals surface area contributed by atoms with E-state index in [9.17, 15) is 4.79 Å². The molecule has 1 fully saturated rings. The minimum atomic E-state index is 0.0416. The number of carbonyl (C=O) groups excluding carboxylic acids is 1. The van der Waals surface area contributed by atoms with E-state index in [1.54, 1.807) is 13.3 Å². The molecule has 0 saturated carbocycles. The Kier molecular flexibility index (Phi) is 5.86. The maximum Gasteiger partial charge on any atom is 0.248 e. The number of hydrogen-bond acceptors (Lipinski definition) is 8. The number of aromatic nitrogens is 3. The van der Waals surface area contributed by atoms with Crippen molar-refractivity contribution in [1.29, 1.82) is 0 Å². The predicted molar refractivity (Wildman–Crippen MR) is 115 cm³/mol. The van der Waals surface area contributed by atoms with Crippen LogP contribution in [-0.4, -0.2) is 65.7 Å². The Morgan fingerprint density at radius 1 is 1.21 bits per heavy atom. The van der Waals surface area contributed by atoms with Crippen LogP contribution in [0.4, 0.5) is 16.6 Å². The smallest absolute Gasteiger partial charge is 0.248 e. The maximum absolute atomic E-state index is 12.0. The summed E-state index contributed by atoms with van der Waals surface area (Å²) >= 11 is 1.53. The molecule has 4 rings (SSSR count). The fraction of sp³-hybridized carbons (Fsp3) is 0.400. The number of pyridine rings is 2. The van der Waals surface area contributed by atoms with Crippen LogP contribution >= 0.6 is 11.3 Å². The van der Waals surface area contributed by atoms with Crippen molar-refractivity contribution in [3.63, 3.8) is 0 Å². The summed E-state index contributed by atoms with van der Waals surface area (Å²) in [7, 11) is 1.55. The van der Waals surface area contributed by atoms with E-state index in [4.69, 9.17) is 4.74 Å². The minimum Gasteiger partial charge on any atom is -0.375 e. The highest BCUT2D eigenvalue weighted by Crippen LogP contribution is 2.28. The number of amides is 1. The fourth-order valence-electron chi connectivity index (χ4n) is 3.33. The molecule has 4 heterocycles. The summed E-state index contributed by atoms with van der Waals surface area (Å²) in [5, 5.41) is 4.08. The largest absolute Gasteiger partial charge is 0.375 e.